The van der Waals surface area contributed by atoms with Crippen LogP contribution in [-0.4, -0.2) is 22.3 Å². The molecular formula is C13H13N5O. The minimum atomic E-state index is 0.428. The van der Waals surface area contributed by atoms with E-state index in [4.69, 9.17) is 4.74 Å². The summed E-state index contributed by atoms with van der Waals surface area (Å²) < 4.78 is 4.98. The second-order valence-corrected chi connectivity index (χ2v) is 3.96. The second-order valence-electron chi connectivity index (χ2n) is 3.96. The molecule has 0 radical (unpaired) electrons. The number of nitrogens with zero attached hydrogens (tertiary/aromatic N) is 4. The summed E-state index contributed by atoms with van der Waals surface area (Å²) in [4.78, 5) is 4.07. The van der Waals surface area contributed by atoms with Crippen molar-refractivity contribution in [2.24, 2.45) is 0 Å². The third-order valence-electron chi connectivity index (χ3n) is 2.77. The molecule has 2 heterocycles. The van der Waals surface area contributed by atoms with E-state index in [9.17, 15) is 5.26 Å². The number of hydrogen-bond acceptors (Lipinski definition) is 6. The van der Waals surface area contributed by atoms with Gasteiger partial charge in [0.1, 0.15) is 11.6 Å². The molecule has 0 fully saturated rings. The maximum atomic E-state index is 9.19. The molecule has 0 bridgehead atoms. The Morgan fingerprint density at radius 1 is 1.26 bits per heavy atom. The third kappa shape index (κ3) is 2.60. The van der Waals surface area contributed by atoms with E-state index >= 15 is 0 Å². The number of aromatic nitrogens is 3. The largest absolute Gasteiger partial charge is 0.481 e. The molecule has 2 aromatic heterocycles. The Morgan fingerprint density at radius 3 is 2.63 bits per heavy atom. The van der Waals surface area contributed by atoms with Gasteiger partial charge in [0.2, 0.25) is 5.88 Å². The lowest BCUT2D eigenvalue weighted by atomic mass is 10.1. The van der Waals surface area contributed by atoms with Crippen LogP contribution in [0.15, 0.2) is 18.3 Å². The van der Waals surface area contributed by atoms with Gasteiger partial charge in [-0.15, -0.1) is 5.10 Å². The predicted molar refractivity (Wildman–Crippen MR) is 70.3 cm³/mol. The zero-order valence-electron chi connectivity index (χ0n) is 10.9. The van der Waals surface area contributed by atoms with E-state index < -0.39 is 0 Å². The molecule has 6 heteroatoms. The van der Waals surface area contributed by atoms with Crippen molar-refractivity contribution < 1.29 is 4.74 Å². The highest BCUT2D eigenvalue weighted by Crippen LogP contribution is 2.21. The van der Waals surface area contributed by atoms with Crippen LogP contribution in [0.25, 0.3) is 0 Å². The average molecular weight is 255 g/mol. The Hall–Kier alpha value is -2.68. The summed E-state index contributed by atoms with van der Waals surface area (Å²) in [5.74, 6) is 0.954. The van der Waals surface area contributed by atoms with Crippen molar-refractivity contribution >= 4 is 11.5 Å². The molecule has 19 heavy (non-hydrogen) atoms. The Labute approximate surface area is 111 Å². The van der Waals surface area contributed by atoms with Gasteiger partial charge in [-0.05, 0) is 25.5 Å². The zero-order chi connectivity index (χ0) is 13.8. The minimum absolute atomic E-state index is 0.428. The quantitative estimate of drug-likeness (QED) is 0.904. The van der Waals surface area contributed by atoms with Crippen LogP contribution >= 0.6 is 0 Å². The van der Waals surface area contributed by atoms with E-state index in [1.54, 1.807) is 25.4 Å². The van der Waals surface area contributed by atoms with Crippen LogP contribution in [0.5, 0.6) is 5.88 Å². The first-order valence-corrected chi connectivity index (χ1v) is 5.66. The van der Waals surface area contributed by atoms with Gasteiger partial charge in [0.15, 0.2) is 5.82 Å². The lowest BCUT2D eigenvalue weighted by Crippen LogP contribution is -2.03. The normalized spacial score (nSPS) is 9.79. The van der Waals surface area contributed by atoms with Crippen molar-refractivity contribution in [3.05, 3.63) is 35.2 Å². The van der Waals surface area contributed by atoms with Crippen LogP contribution in [0.4, 0.5) is 11.5 Å². The number of anilines is 2. The van der Waals surface area contributed by atoms with E-state index in [1.165, 1.54) is 0 Å². The SMILES string of the molecule is COc1ccc(Nc2nnc(C)c(C)c2C#N)cn1. The monoisotopic (exact) mass is 255 g/mol. The van der Waals surface area contributed by atoms with Gasteiger partial charge in [-0.2, -0.15) is 10.4 Å². The number of nitriles is 1. The lowest BCUT2D eigenvalue weighted by Gasteiger charge is -2.09. The van der Waals surface area contributed by atoms with Crippen LogP contribution in [0.1, 0.15) is 16.8 Å². The smallest absolute Gasteiger partial charge is 0.213 e. The second kappa shape index (κ2) is 5.31. The molecule has 0 aliphatic rings. The van der Waals surface area contributed by atoms with Crippen molar-refractivity contribution in [3.8, 4) is 11.9 Å². The van der Waals surface area contributed by atoms with E-state index in [0.717, 1.165) is 16.9 Å². The van der Waals surface area contributed by atoms with E-state index in [2.05, 4.69) is 26.6 Å². The molecule has 2 aromatic rings. The molecule has 0 aliphatic carbocycles. The topological polar surface area (TPSA) is 83.7 Å². The molecule has 2 rings (SSSR count). The number of ether oxygens (including phenoxy) is 1. The van der Waals surface area contributed by atoms with Gasteiger partial charge in [-0.25, -0.2) is 4.98 Å². The molecule has 0 aliphatic heterocycles. The zero-order valence-corrected chi connectivity index (χ0v) is 10.9. The van der Waals surface area contributed by atoms with Crippen molar-refractivity contribution in [2.45, 2.75) is 13.8 Å². The fourth-order valence-corrected chi connectivity index (χ4v) is 1.54. The fourth-order valence-electron chi connectivity index (χ4n) is 1.54. The van der Waals surface area contributed by atoms with E-state index in [-0.39, 0.29) is 0 Å². The Morgan fingerprint density at radius 2 is 2.05 bits per heavy atom. The van der Waals surface area contributed by atoms with Gasteiger partial charge < -0.3 is 10.1 Å². The van der Waals surface area contributed by atoms with Crippen molar-refractivity contribution in [2.75, 3.05) is 12.4 Å². The standard InChI is InChI=1S/C13H13N5O/c1-8-9(2)17-18-13(11(8)6-14)16-10-4-5-12(19-3)15-7-10/h4-5,7H,1-3H3,(H,16,18). The molecule has 0 amide bonds. The number of pyridine rings is 1. The predicted octanol–water partition coefficient (Wildman–Crippen LogP) is 2.11. The molecule has 0 saturated carbocycles. The summed E-state index contributed by atoms with van der Waals surface area (Å²) in [5, 5.41) is 20.2. The van der Waals surface area contributed by atoms with Crippen LogP contribution in [0, 0.1) is 25.2 Å². The number of aryl methyl sites for hydroxylation is 1. The number of rotatable bonds is 3. The van der Waals surface area contributed by atoms with Crippen molar-refractivity contribution in [1.82, 2.24) is 15.2 Å². The Kier molecular flexibility index (Phi) is 3.57. The third-order valence-corrected chi connectivity index (χ3v) is 2.77. The highest BCUT2D eigenvalue weighted by Gasteiger charge is 2.10. The maximum Gasteiger partial charge on any atom is 0.213 e. The van der Waals surface area contributed by atoms with Crippen LogP contribution < -0.4 is 10.1 Å². The summed E-state index contributed by atoms with van der Waals surface area (Å²) >= 11 is 0. The van der Waals surface area contributed by atoms with Crippen LogP contribution in [0.2, 0.25) is 0 Å². The molecule has 0 spiro atoms. The first kappa shape index (κ1) is 12.8. The number of nitrogens with one attached hydrogen (secondary N) is 1. The van der Waals surface area contributed by atoms with Crippen molar-refractivity contribution in [3.63, 3.8) is 0 Å². The maximum absolute atomic E-state index is 9.19. The molecule has 0 saturated heterocycles. The fraction of sp³-hybridized carbons (Fsp3) is 0.231. The molecule has 1 N–H and O–H groups in total. The van der Waals surface area contributed by atoms with Crippen LogP contribution in [0.3, 0.4) is 0 Å². The Balaban J connectivity index is 2.33. The summed E-state index contributed by atoms with van der Waals surface area (Å²) in [7, 11) is 1.55. The summed E-state index contributed by atoms with van der Waals surface area (Å²) in [6.07, 6.45) is 1.61. The van der Waals surface area contributed by atoms with Gasteiger partial charge in [0, 0.05) is 6.07 Å². The van der Waals surface area contributed by atoms with Gasteiger partial charge in [0.25, 0.3) is 0 Å². The summed E-state index contributed by atoms with van der Waals surface area (Å²) in [6, 6.07) is 5.66. The highest BCUT2D eigenvalue weighted by atomic mass is 16.5. The van der Waals surface area contributed by atoms with Gasteiger partial charge in [-0.3, -0.25) is 0 Å². The minimum Gasteiger partial charge on any atom is -0.481 e. The van der Waals surface area contributed by atoms with E-state index in [0.29, 0.717) is 17.3 Å². The number of methoxy groups -OCH3 is 1. The summed E-state index contributed by atoms with van der Waals surface area (Å²) in [6.45, 7) is 3.67. The lowest BCUT2D eigenvalue weighted by molar-refractivity contribution is 0.398. The Bertz CT molecular complexity index is 631. The first-order chi connectivity index (χ1) is 9.15. The molecule has 0 unspecified atom stereocenters. The molecular weight excluding hydrogens is 242 g/mol. The molecule has 0 atom stereocenters. The molecule has 96 valence electrons. The van der Waals surface area contributed by atoms with E-state index in [1.807, 2.05) is 13.8 Å². The first-order valence-electron chi connectivity index (χ1n) is 5.66. The van der Waals surface area contributed by atoms with Gasteiger partial charge in [-0.1, -0.05) is 0 Å². The molecule has 6 nitrogen and oxygen atoms in total. The van der Waals surface area contributed by atoms with Gasteiger partial charge in [0.05, 0.1) is 24.7 Å². The van der Waals surface area contributed by atoms with Crippen LogP contribution in [-0.2, 0) is 0 Å². The number of hydrogen-bond donors (Lipinski definition) is 1. The highest BCUT2D eigenvalue weighted by molar-refractivity contribution is 5.63. The average Bonchev–Trinajstić information content (AvgIpc) is 2.44. The summed E-state index contributed by atoms with van der Waals surface area (Å²) in [5.41, 5.74) is 2.77. The van der Waals surface area contributed by atoms with Gasteiger partial charge >= 0.3 is 0 Å². The molecule has 0 aromatic carbocycles. The van der Waals surface area contributed by atoms with Crippen molar-refractivity contribution in [1.29, 1.82) is 5.26 Å².